The van der Waals surface area contributed by atoms with Crippen molar-refractivity contribution in [3.63, 3.8) is 0 Å². The molecule has 120 valence electrons. The highest BCUT2D eigenvalue weighted by Crippen LogP contribution is 2.11. The molecule has 2 aromatic heterocycles. The summed E-state index contributed by atoms with van der Waals surface area (Å²) < 4.78 is 12.9. The number of aromatic nitrogens is 5. The monoisotopic (exact) mass is 306 g/mol. The maximum Gasteiger partial charge on any atom is 0.226 e. The summed E-state index contributed by atoms with van der Waals surface area (Å²) in [5, 5.41) is 8.41. The van der Waals surface area contributed by atoms with Crippen molar-refractivity contribution in [2.24, 2.45) is 0 Å². The topological polar surface area (TPSA) is 82.1 Å². The highest BCUT2D eigenvalue weighted by Gasteiger charge is 2.23. The van der Waals surface area contributed by atoms with Gasteiger partial charge in [0.25, 0.3) is 0 Å². The fraction of sp³-hybridized carbons (Fsp3) is 0.714. The van der Waals surface area contributed by atoms with Crippen molar-refractivity contribution in [3.05, 3.63) is 23.4 Å². The van der Waals surface area contributed by atoms with Crippen LogP contribution in [0.25, 0.3) is 0 Å². The third-order valence-corrected chi connectivity index (χ3v) is 3.74. The minimum absolute atomic E-state index is 0.103. The second kappa shape index (κ2) is 6.53. The molecule has 0 aromatic carbocycles. The van der Waals surface area contributed by atoms with Gasteiger partial charge in [-0.2, -0.15) is 10.1 Å². The van der Waals surface area contributed by atoms with Gasteiger partial charge in [-0.25, -0.2) is 9.67 Å². The van der Waals surface area contributed by atoms with Crippen molar-refractivity contribution in [2.75, 3.05) is 19.7 Å². The molecule has 2 aromatic rings. The van der Waals surface area contributed by atoms with E-state index < -0.39 is 0 Å². The Morgan fingerprint density at radius 1 is 1.27 bits per heavy atom. The quantitative estimate of drug-likeness (QED) is 0.805. The largest absolute Gasteiger partial charge is 0.374 e. The Morgan fingerprint density at radius 2 is 2.14 bits per heavy atom. The standard InChI is InChI=1S/C14H22N6O2/c1-4-14-16-13(18-22-14)9-19-5-6-21-12(7-19)8-20-11(3)15-10(2)17-20/h12H,4-9H2,1-3H3/t12-/m0/s1. The minimum atomic E-state index is 0.103. The smallest absolute Gasteiger partial charge is 0.226 e. The average molecular weight is 306 g/mol. The third kappa shape index (κ3) is 3.50. The van der Waals surface area contributed by atoms with Gasteiger partial charge in [-0.1, -0.05) is 12.1 Å². The Bertz CT molecular complexity index is 623. The van der Waals surface area contributed by atoms with Gasteiger partial charge >= 0.3 is 0 Å². The molecule has 0 unspecified atom stereocenters. The van der Waals surface area contributed by atoms with Gasteiger partial charge in [0.15, 0.2) is 5.82 Å². The summed E-state index contributed by atoms with van der Waals surface area (Å²) in [6.07, 6.45) is 0.870. The van der Waals surface area contributed by atoms with Gasteiger partial charge < -0.3 is 9.26 Å². The summed E-state index contributed by atoms with van der Waals surface area (Å²) in [7, 11) is 0. The molecule has 3 heterocycles. The number of morpholine rings is 1. The Kier molecular flexibility index (Phi) is 4.49. The highest BCUT2D eigenvalue weighted by atomic mass is 16.5. The molecule has 1 aliphatic heterocycles. The Balaban J connectivity index is 1.58. The zero-order chi connectivity index (χ0) is 15.5. The van der Waals surface area contributed by atoms with Crippen LogP contribution in [0.1, 0.15) is 30.3 Å². The second-order valence-electron chi connectivity index (χ2n) is 5.57. The van der Waals surface area contributed by atoms with E-state index in [9.17, 15) is 0 Å². The van der Waals surface area contributed by atoms with Crippen LogP contribution in [0, 0.1) is 13.8 Å². The lowest BCUT2D eigenvalue weighted by molar-refractivity contribution is -0.0413. The first-order valence-corrected chi connectivity index (χ1v) is 7.67. The zero-order valence-corrected chi connectivity index (χ0v) is 13.3. The number of hydrogen-bond donors (Lipinski definition) is 0. The Labute approximate surface area is 129 Å². The summed E-state index contributed by atoms with van der Waals surface area (Å²) in [4.78, 5) is 11.0. The first kappa shape index (κ1) is 15.1. The normalized spacial score (nSPS) is 19.7. The molecular weight excluding hydrogens is 284 g/mol. The first-order chi connectivity index (χ1) is 10.6. The van der Waals surface area contributed by atoms with Crippen molar-refractivity contribution in [2.45, 2.75) is 46.4 Å². The zero-order valence-electron chi connectivity index (χ0n) is 13.3. The maximum absolute atomic E-state index is 5.85. The Morgan fingerprint density at radius 3 is 2.82 bits per heavy atom. The number of aryl methyl sites for hydroxylation is 3. The van der Waals surface area contributed by atoms with Crippen LogP contribution in [0.2, 0.25) is 0 Å². The molecule has 3 rings (SSSR count). The van der Waals surface area contributed by atoms with Crippen LogP contribution in [0.15, 0.2) is 4.52 Å². The molecule has 1 aliphatic rings. The maximum atomic E-state index is 5.85. The van der Waals surface area contributed by atoms with Gasteiger partial charge in [-0.15, -0.1) is 0 Å². The van der Waals surface area contributed by atoms with Crippen LogP contribution in [-0.2, 0) is 24.2 Å². The lowest BCUT2D eigenvalue weighted by atomic mass is 10.2. The van der Waals surface area contributed by atoms with E-state index in [2.05, 4.69) is 25.1 Å². The van der Waals surface area contributed by atoms with Crippen molar-refractivity contribution < 1.29 is 9.26 Å². The van der Waals surface area contributed by atoms with E-state index in [-0.39, 0.29) is 6.10 Å². The van der Waals surface area contributed by atoms with E-state index in [0.29, 0.717) is 19.0 Å². The lowest BCUT2D eigenvalue weighted by Gasteiger charge is -2.32. The molecule has 0 radical (unpaired) electrons. The molecule has 0 saturated carbocycles. The van der Waals surface area contributed by atoms with Crippen LogP contribution in [0.4, 0.5) is 0 Å². The van der Waals surface area contributed by atoms with E-state index in [1.165, 1.54) is 0 Å². The van der Waals surface area contributed by atoms with Crippen molar-refractivity contribution in [3.8, 4) is 0 Å². The molecule has 8 nitrogen and oxygen atoms in total. The molecule has 0 aliphatic carbocycles. The number of ether oxygens (including phenoxy) is 1. The fourth-order valence-electron chi connectivity index (χ4n) is 2.66. The number of nitrogens with zero attached hydrogens (tertiary/aromatic N) is 6. The number of rotatable bonds is 5. The summed E-state index contributed by atoms with van der Waals surface area (Å²) in [5.41, 5.74) is 0. The van der Waals surface area contributed by atoms with Gasteiger partial charge in [0, 0.05) is 19.5 Å². The van der Waals surface area contributed by atoms with E-state index in [1.54, 1.807) is 0 Å². The summed E-state index contributed by atoms with van der Waals surface area (Å²) in [5.74, 6) is 3.15. The molecule has 1 fully saturated rings. The van der Waals surface area contributed by atoms with E-state index in [4.69, 9.17) is 9.26 Å². The number of hydrogen-bond acceptors (Lipinski definition) is 7. The minimum Gasteiger partial charge on any atom is -0.374 e. The van der Waals surface area contributed by atoms with E-state index >= 15 is 0 Å². The van der Waals surface area contributed by atoms with Crippen LogP contribution in [0.3, 0.4) is 0 Å². The van der Waals surface area contributed by atoms with E-state index in [1.807, 2.05) is 25.5 Å². The van der Waals surface area contributed by atoms with Crippen LogP contribution < -0.4 is 0 Å². The van der Waals surface area contributed by atoms with Crippen molar-refractivity contribution >= 4 is 0 Å². The average Bonchev–Trinajstić information content (AvgIpc) is 3.06. The Hall–Kier alpha value is -1.80. The molecule has 0 amide bonds. The van der Waals surface area contributed by atoms with Crippen molar-refractivity contribution in [1.82, 2.24) is 29.8 Å². The highest BCUT2D eigenvalue weighted by molar-refractivity contribution is 4.90. The third-order valence-electron chi connectivity index (χ3n) is 3.74. The predicted molar refractivity (Wildman–Crippen MR) is 78.2 cm³/mol. The summed E-state index contributed by atoms with van der Waals surface area (Å²) >= 11 is 0. The van der Waals surface area contributed by atoms with Gasteiger partial charge in [0.1, 0.15) is 11.6 Å². The first-order valence-electron chi connectivity index (χ1n) is 7.67. The van der Waals surface area contributed by atoms with Crippen molar-refractivity contribution in [1.29, 1.82) is 0 Å². The lowest BCUT2D eigenvalue weighted by Crippen LogP contribution is -2.44. The molecule has 1 atom stereocenters. The summed E-state index contributed by atoms with van der Waals surface area (Å²) in [6, 6.07) is 0. The molecular formula is C14H22N6O2. The van der Waals surface area contributed by atoms with Crippen LogP contribution in [0.5, 0.6) is 0 Å². The van der Waals surface area contributed by atoms with E-state index in [0.717, 1.165) is 43.5 Å². The summed E-state index contributed by atoms with van der Waals surface area (Å²) in [6.45, 7) is 9.69. The molecule has 1 saturated heterocycles. The van der Waals surface area contributed by atoms with Crippen LogP contribution in [-0.4, -0.2) is 55.6 Å². The second-order valence-corrected chi connectivity index (χ2v) is 5.57. The molecule has 8 heteroatoms. The van der Waals surface area contributed by atoms with Crippen LogP contribution >= 0.6 is 0 Å². The molecule has 22 heavy (non-hydrogen) atoms. The van der Waals surface area contributed by atoms with Gasteiger partial charge in [-0.3, -0.25) is 4.90 Å². The van der Waals surface area contributed by atoms with Gasteiger partial charge in [0.05, 0.1) is 25.8 Å². The fourth-order valence-corrected chi connectivity index (χ4v) is 2.66. The molecule has 0 spiro atoms. The predicted octanol–water partition coefficient (Wildman–Crippen LogP) is 0.741. The molecule has 0 N–H and O–H groups in total. The van der Waals surface area contributed by atoms with Gasteiger partial charge in [0.2, 0.25) is 5.89 Å². The van der Waals surface area contributed by atoms with Gasteiger partial charge in [-0.05, 0) is 13.8 Å². The SMILES string of the molecule is CCc1nc(CN2CCO[C@H](Cn3nc(C)nc3C)C2)no1. The molecule has 0 bridgehead atoms.